The van der Waals surface area contributed by atoms with E-state index >= 15 is 0 Å². The third kappa shape index (κ3) is 35.7. The maximum Gasteiger partial charge on any atom is 0.362 e. The minimum absolute atomic E-state index is 0.0213. The van der Waals surface area contributed by atoms with Crippen LogP contribution in [0.25, 0.3) is 0 Å². The van der Waals surface area contributed by atoms with Gasteiger partial charge in [0.1, 0.15) is 6.61 Å². The van der Waals surface area contributed by atoms with Gasteiger partial charge in [-0.2, -0.15) is 0 Å². The Kier molecular flexibility index (Phi) is 34.7. The summed E-state index contributed by atoms with van der Waals surface area (Å²) < 4.78 is 17.1. The Labute approximate surface area is 335 Å². The quantitative estimate of drug-likeness (QED) is 0.0297. The maximum atomic E-state index is 12.7. The zero-order valence-corrected chi connectivity index (χ0v) is 35.1. The number of carbonyl (C=O) groups is 3. The number of carbonyl (C=O) groups excluding carboxylic acids is 2. The number of nitrogens with zero attached hydrogens (tertiary/aromatic N) is 1. The van der Waals surface area contributed by atoms with Crippen LogP contribution in [-0.2, 0) is 28.6 Å². The van der Waals surface area contributed by atoms with Crippen molar-refractivity contribution in [3.05, 3.63) is 97.2 Å². The molecule has 0 aliphatic carbocycles. The average Bonchev–Trinajstić information content (AvgIpc) is 3.14. The van der Waals surface area contributed by atoms with Crippen LogP contribution in [-0.4, -0.2) is 80.6 Å². The summed E-state index contributed by atoms with van der Waals surface area (Å²) in [4.78, 5) is 36.7. The Morgan fingerprint density at radius 3 is 1.51 bits per heavy atom. The Bertz CT molecular complexity index is 1220. The summed E-state index contributed by atoms with van der Waals surface area (Å²) in [7, 11) is 5.48. The number of rotatable bonds is 35. The summed E-state index contributed by atoms with van der Waals surface area (Å²) in [6, 6.07) is -0.633. The Hall–Kier alpha value is -3.75. The fourth-order valence-electron chi connectivity index (χ4n) is 5.35. The number of unbranched alkanes of at least 4 members (excludes halogenated alkanes) is 6. The van der Waals surface area contributed by atoms with Crippen molar-refractivity contribution in [1.82, 2.24) is 0 Å². The Morgan fingerprint density at radius 1 is 0.564 bits per heavy atom. The normalized spacial score (nSPS) is 14.0. The van der Waals surface area contributed by atoms with Crippen LogP contribution in [0.3, 0.4) is 0 Å². The molecule has 1 N–H and O–H groups in total. The largest absolute Gasteiger partial charge is 0.477 e. The molecule has 8 heteroatoms. The van der Waals surface area contributed by atoms with Crippen LogP contribution in [0.2, 0.25) is 0 Å². The number of allylic oxidation sites excluding steroid dienone is 15. The number of hydrogen-bond donors (Lipinski definition) is 1. The second kappa shape index (κ2) is 37.2. The third-order valence-corrected chi connectivity index (χ3v) is 8.51. The summed E-state index contributed by atoms with van der Waals surface area (Å²) in [5.74, 6) is -1.65. The van der Waals surface area contributed by atoms with Crippen LogP contribution in [0.15, 0.2) is 97.2 Å². The summed E-state index contributed by atoms with van der Waals surface area (Å²) in [6.45, 7) is 4.34. The lowest BCUT2D eigenvalue weighted by Crippen LogP contribution is -2.50. The molecule has 0 radical (unpaired) electrons. The second-order valence-electron chi connectivity index (χ2n) is 14.5. The molecule has 0 aliphatic rings. The van der Waals surface area contributed by atoms with Gasteiger partial charge in [0.15, 0.2) is 12.1 Å². The summed E-state index contributed by atoms with van der Waals surface area (Å²) in [5.41, 5.74) is 0. The van der Waals surface area contributed by atoms with Crippen LogP contribution < -0.4 is 0 Å². The van der Waals surface area contributed by atoms with Gasteiger partial charge in [0, 0.05) is 12.8 Å². The Balaban J connectivity index is 4.40. The molecule has 0 bridgehead atoms. The Morgan fingerprint density at radius 2 is 1.02 bits per heavy atom. The molecule has 0 saturated carbocycles. The van der Waals surface area contributed by atoms with Crippen molar-refractivity contribution in [2.75, 3.05) is 41.0 Å². The number of aliphatic carboxylic acids is 1. The first-order chi connectivity index (χ1) is 26.6. The molecule has 0 saturated heterocycles. The van der Waals surface area contributed by atoms with E-state index in [0.717, 1.165) is 83.5 Å². The molecule has 0 aromatic heterocycles. The van der Waals surface area contributed by atoms with E-state index in [1.807, 2.05) is 27.2 Å². The first-order valence-electron chi connectivity index (χ1n) is 20.8. The summed E-state index contributed by atoms with van der Waals surface area (Å²) in [6.07, 6.45) is 49.2. The lowest BCUT2D eigenvalue weighted by molar-refractivity contribution is -0.887. The minimum Gasteiger partial charge on any atom is -0.477 e. The van der Waals surface area contributed by atoms with Crippen molar-refractivity contribution in [3.63, 3.8) is 0 Å². The van der Waals surface area contributed by atoms with Gasteiger partial charge < -0.3 is 23.8 Å². The van der Waals surface area contributed by atoms with Crippen molar-refractivity contribution in [2.45, 2.75) is 142 Å². The fraction of sp³-hybridized carbons (Fsp3) is 0.596. The number of quaternary nitrogens is 1. The van der Waals surface area contributed by atoms with Crippen LogP contribution in [0.4, 0.5) is 0 Å². The highest BCUT2D eigenvalue weighted by molar-refractivity contribution is 5.72. The fourth-order valence-corrected chi connectivity index (χ4v) is 5.35. The summed E-state index contributed by atoms with van der Waals surface area (Å²) >= 11 is 0. The average molecular weight is 767 g/mol. The number of hydrogen-bond acceptors (Lipinski definition) is 6. The van der Waals surface area contributed by atoms with Gasteiger partial charge in [-0.1, -0.05) is 137 Å². The van der Waals surface area contributed by atoms with Crippen molar-refractivity contribution < 1.29 is 38.2 Å². The van der Waals surface area contributed by atoms with E-state index in [1.54, 1.807) is 6.08 Å². The van der Waals surface area contributed by atoms with Gasteiger partial charge in [0.2, 0.25) is 0 Å². The second-order valence-corrected chi connectivity index (χ2v) is 14.5. The van der Waals surface area contributed by atoms with Crippen LogP contribution in [0, 0.1) is 0 Å². The lowest BCUT2D eigenvalue weighted by atomic mass is 10.1. The van der Waals surface area contributed by atoms with Crippen molar-refractivity contribution in [2.24, 2.45) is 0 Å². The van der Waals surface area contributed by atoms with Crippen LogP contribution >= 0.6 is 0 Å². The number of carboxylic acids is 1. The van der Waals surface area contributed by atoms with E-state index in [0.29, 0.717) is 6.42 Å². The topological polar surface area (TPSA) is 99.1 Å². The van der Waals surface area contributed by atoms with Gasteiger partial charge in [-0.3, -0.25) is 9.59 Å². The van der Waals surface area contributed by atoms with Gasteiger partial charge in [0.05, 0.1) is 40.8 Å². The van der Waals surface area contributed by atoms with Crippen molar-refractivity contribution in [3.8, 4) is 0 Å². The molecule has 2 atom stereocenters. The highest BCUT2D eigenvalue weighted by Gasteiger charge is 2.31. The summed E-state index contributed by atoms with van der Waals surface area (Å²) in [5, 5.41) is 9.59. The predicted octanol–water partition coefficient (Wildman–Crippen LogP) is 11.1. The third-order valence-electron chi connectivity index (χ3n) is 8.51. The van der Waals surface area contributed by atoms with E-state index < -0.39 is 24.1 Å². The molecular weight excluding hydrogens is 691 g/mol. The molecule has 0 fully saturated rings. The molecule has 0 rings (SSSR count). The van der Waals surface area contributed by atoms with Gasteiger partial charge in [0.25, 0.3) is 0 Å². The first kappa shape index (κ1) is 51.2. The zero-order chi connectivity index (χ0) is 40.7. The maximum absolute atomic E-state index is 12.7. The first-order valence-corrected chi connectivity index (χ1v) is 20.8. The number of carboxylic acid groups (broad SMARTS) is 1. The molecule has 0 heterocycles. The standard InChI is InChI=1S/C47H75NO7/c1-6-8-10-12-14-16-17-18-19-20-21-22-23-24-25-26-27-28-30-32-34-36-38-46(50)55-43(41-53-40-39-44(47(51)52)48(3,4)5)42-54-45(49)37-35-33-31-29-15-13-11-9-7-2/h8-11,14-16,18-19,21-22,24-25,29,33,35,43-44H,6-7,12-13,17,20,23,26-28,30-32,34,36-42H2,1-5H3/p+1/b10-8+,11-9+,16-14+,19-18+,22-21+,25-24+,29-15+,35-33+. The molecule has 55 heavy (non-hydrogen) atoms. The van der Waals surface area contributed by atoms with E-state index in [2.05, 4.69) is 98.9 Å². The van der Waals surface area contributed by atoms with Crippen LogP contribution in [0.1, 0.15) is 129 Å². The SMILES string of the molecule is CC/C=C/C/C=C/C/C=C/C/C=C/C/C=C/CCCCCCCCC(=O)OC(COCCC(C(=O)O)[N+](C)(C)C)COC(=O)C/C=C/C/C=C/C/C=C/CC. The van der Waals surface area contributed by atoms with Gasteiger partial charge in [-0.25, -0.2) is 4.79 Å². The molecule has 0 spiro atoms. The highest BCUT2D eigenvalue weighted by Crippen LogP contribution is 2.12. The van der Waals surface area contributed by atoms with E-state index in [-0.39, 0.29) is 43.1 Å². The van der Waals surface area contributed by atoms with Gasteiger partial charge in [-0.05, 0) is 70.6 Å². The molecule has 0 aromatic rings. The van der Waals surface area contributed by atoms with E-state index in [1.165, 1.54) is 12.8 Å². The smallest absolute Gasteiger partial charge is 0.362 e. The molecular formula is C47H76NO7+. The highest BCUT2D eigenvalue weighted by atomic mass is 16.6. The van der Waals surface area contributed by atoms with E-state index in [4.69, 9.17) is 14.2 Å². The monoisotopic (exact) mass is 767 g/mol. The molecule has 8 nitrogen and oxygen atoms in total. The number of ether oxygens (including phenoxy) is 3. The zero-order valence-electron chi connectivity index (χ0n) is 35.1. The number of likely N-dealkylation sites (N-methyl/N-ethyl adjacent to an activating group) is 1. The molecule has 2 unspecified atom stereocenters. The van der Waals surface area contributed by atoms with Crippen molar-refractivity contribution in [1.29, 1.82) is 0 Å². The number of esters is 2. The van der Waals surface area contributed by atoms with Crippen LogP contribution in [0.5, 0.6) is 0 Å². The lowest BCUT2D eigenvalue weighted by Gasteiger charge is -2.31. The minimum atomic E-state index is -0.893. The molecule has 0 aromatic carbocycles. The van der Waals surface area contributed by atoms with E-state index in [9.17, 15) is 19.5 Å². The van der Waals surface area contributed by atoms with Gasteiger partial charge >= 0.3 is 17.9 Å². The van der Waals surface area contributed by atoms with Crippen molar-refractivity contribution >= 4 is 17.9 Å². The predicted molar refractivity (Wildman–Crippen MR) is 229 cm³/mol. The van der Waals surface area contributed by atoms with Gasteiger partial charge in [-0.15, -0.1) is 0 Å². The molecule has 0 amide bonds. The molecule has 310 valence electrons. The molecule has 0 aliphatic heterocycles.